The fourth-order valence-corrected chi connectivity index (χ4v) is 6.36. The van der Waals surface area contributed by atoms with Crippen LogP contribution in [0.25, 0.3) is 76.9 Å². The van der Waals surface area contributed by atoms with E-state index in [1.54, 1.807) is 0 Å². The summed E-state index contributed by atoms with van der Waals surface area (Å²) in [6.07, 6.45) is 1.51. The largest absolute Gasteiger partial charge is 0.443 e. The maximum atomic E-state index is 5.54. The number of benzene rings is 6. The highest BCUT2D eigenvalue weighted by Crippen LogP contribution is 2.40. The summed E-state index contributed by atoms with van der Waals surface area (Å²) in [6.45, 7) is 0. The van der Waals surface area contributed by atoms with Crippen LogP contribution in [-0.2, 0) is 0 Å². The minimum Gasteiger partial charge on any atom is -0.443 e. The van der Waals surface area contributed by atoms with E-state index in [-0.39, 0.29) is 0 Å². The van der Waals surface area contributed by atoms with Gasteiger partial charge in [0.2, 0.25) is 0 Å². The number of nitrogens with zero attached hydrogens (tertiary/aromatic N) is 3. The van der Waals surface area contributed by atoms with Gasteiger partial charge in [-0.15, -0.1) is 0 Å². The summed E-state index contributed by atoms with van der Waals surface area (Å²) in [5.74, 6) is 0. The predicted octanol–water partition coefficient (Wildman–Crippen LogP) is 9.18. The third-order valence-corrected chi connectivity index (χ3v) is 8.03. The molecule has 0 spiro atoms. The highest BCUT2D eigenvalue weighted by atomic mass is 16.3. The van der Waals surface area contributed by atoms with Gasteiger partial charge in [0, 0.05) is 38.3 Å². The van der Waals surface area contributed by atoms with E-state index in [4.69, 9.17) is 4.42 Å². The highest BCUT2D eigenvalue weighted by Gasteiger charge is 2.18. The molecule has 0 saturated carbocycles. The van der Waals surface area contributed by atoms with Gasteiger partial charge >= 0.3 is 0 Å². The van der Waals surface area contributed by atoms with Crippen molar-refractivity contribution < 1.29 is 4.42 Å². The van der Waals surface area contributed by atoms with Gasteiger partial charge in [0.05, 0.1) is 22.1 Å². The minimum absolute atomic E-state index is 0.791. The Morgan fingerprint density at radius 2 is 1.23 bits per heavy atom. The van der Waals surface area contributed by atoms with Crippen molar-refractivity contribution in [3.05, 3.63) is 128 Å². The maximum absolute atomic E-state index is 5.54. The Bertz CT molecular complexity index is 2390. The molecule has 0 bridgehead atoms. The zero-order valence-corrected chi connectivity index (χ0v) is 20.9. The van der Waals surface area contributed by atoms with E-state index in [0.717, 1.165) is 16.8 Å². The van der Waals surface area contributed by atoms with Gasteiger partial charge in [-0.25, -0.2) is 4.98 Å². The van der Waals surface area contributed by atoms with Crippen LogP contribution in [0.1, 0.15) is 0 Å². The highest BCUT2D eigenvalue weighted by molar-refractivity contribution is 6.22. The summed E-state index contributed by atoms with van der Waals surface area (Å²) < 4.78 is 10.3. The zero-order chi connectivity index (χ0) is 25.5. The molecule has 182 valence electrons. The Morgan fingerprint density at radius 1 is 0.487 bits per heavy atom. The van der Waals surface area contributed by atoms with Crippen LogP contribution in [0, 0.1) is 0 Å². The second-order valence-electron chi connectivity index (χ2n) is 10.1. The Morgan fingerprint density at radius 3 is 2.08 bits per heavy atom. The molecule has 0 aliphatic heterocycles. The van der Waals surface area contributed by atoms with E-state index < -0.39 is 0 Å². The van der Waals surface area contributed by atoms with Gasteiger partial charge in [0.15, 0.2) is 12.0 Å². The molecule has 39 heavy (non-hydrogen) atoms. The van der Waals surface area contributed by atoms with Crippen LogP contribution in [0.3, 0.4) is 0 Å². The molecule has 0 fully saturated rings. The van der Waals surface area contributed by atoms with Crippen LogP contribution in [-0.4, -0.2) is 14.1 Å². The quantitative estimate of drug-likeness (QED) is 0.238. The fourth-order valence-electron chi connectivity index (χ4n) is 6.36. The fraction of sp³-hybridized carbons (Fsp3) is 0. The van der Waals surface area contributed by atoms with Crippen molar-refractivity contribution in [3.63, 3.8) is 0 Å². The lowest BCUT2D eigenvalue weighted by molar-refractivity contribution is 0.602. The molecule has 0 unspecified atom stereocenters. The number of hydrogen-bond donors (Lipinski definition) is 0. The maximum Gasteiger partial charge on any atom is 0.181 e. The van der Waals surface area contributed by atoms with Gasteiger partial charge in [-0.3, -0.25) is 0 Å². The molecule has 0 saturated heterocycles. The molecule has 9 aromatic rings. The first-order valence-corrected chi connectivity index (χ1v) is 13.1. The predicted molar refractivity (Wildman–Crippen MR) is 160 cm³/mol. The summed E-state index contributed by atoms with van der Waals surface area (Å²) >= 11 is 0. The van der Waals surface area contributed by atoms with Crippen LogP contribution in [0.15, 0.2) is 132 Å². The molecular weight excluding hydrogens is 478 g/mol. The lowest BCUT2D eigenvalue weighted by Crippen LogP contribution is -1.95. The molecule has 3 heterocycles. The average Bonchev–Trinajstić information content (AvgIpc) is 3.68. The molecule has 6 aromatic carbocycles. The number of fused-ring (bicyclic) bond motifs is 9. The molecule has 4 nitrogen and oxygen atoms in total. The Balaban J connectivity index is 1.47. The lowest BCUT2D eigenvalue weighted by atomic mass is 10.0. The summed E-state index contributed by atoms with van der Waals surface area (Å²) in [6, 6.07) is 43.5. The topological polar surface area (TPSA) is 35.9 Å². The normalized spacial score (nSPS) is 12.1. The third-order valence-electron chi connectivity index (χ3n) is 8.03. The number of hydrogen-bond acceptors (Lipinski definition) is 2. The molecule has 0 atom stereocenters. The van der Waals surface area contributed by atoms with Crippen LogP contribution >= 0.6 is 0 Å². The Hall–Kier alpha value is -5.35. The van der Waals surface area contributed by atoms with E-state index >= 15 is 0 Å². The number of oxazole rings is 1. The first-order chi connectivity index (χ1) is 19.3. The summed E-state index contributed by atoms with van der Waals surface area (Å²) in [5, 5.41) is 7.42. The van der Waals surface area contributed by atoms with Crippen LogP contribution in [0.2, 0.25) is 0 Å². The number of rotatable bonds is 2. The molecule has 3 aromatic heterocycles. The van der Waals surface area contributed by atoms with Crippen molar-refractivity contribution >= 4 is 65.5 Å². The standard InChI is InChI=1S/C35H21N3O/c1-2-8-23(9-3-1)37-31-12-6-5-11-26(31)29-20-28-22(18-33(29)37)14-16-27-25-10-4-7-13-32(25)38(35(27)28)24-15-17-34-30(19-24)36-21-39-34/h1-21H. The van der Waals surface area contributed by atoms with Gasteiger partial charge < -0.3 is 13.6 Å². The molecular formula is C35H21N3O. The van der Waals surface area contributed by atoms with Crippen LogP contribution < -0.4 is 0 Å². The average molecular weight is 500 g/mol. The van der Waals surface area contributed by atoms with E-state index in [0.29, 0.717) is 0 Å². The molecule has 0 N–H and O–H groups in total. The Labute approximate surface area is 222 Å². The van der Waals surface area contributed by atoms with Crippen molar-refractivity contribution in [1.82, 2.24) is 14.1 Å². The van der Waals surface area contributed by atoms with Crippen molar-refractivity contribution in [2.45, 2.75) is 0 Å². The molecule has 0 aliphatic carbocycles. The van der Waals surface area contributed by atoms with Crippen LogP contribution in [0.5, 0.6) is 0 Å². The SMILES string of the molecule is c1ccc(-n2c3ccccc3c3cc4c(ccc5c6ccccc6n(-c6ccc7ocnc7c6)c45)cc32)cc1. The lowest BCUT2D eigenvalue weighted by Gasteiger charge is -2.11. The van der Waals surface area contributed by atoms with Gasteiger partial charge in [0.25, 0.3) is 0 Å². The van der Waals surface area contributed by atoms with Gasteiger partial charge in [-0.05, 0) is 60.0 Å². The monoisotopic (exact) mass is 499 g/mol. The summed E-state index contributed by atoms with van der Waals surface area (Å²) in [4.78, 5) is 4.44. The molecule has 0 aliphatic rings. The summed E-state index contributed by atoms with van der Waals surface area (Å²) in [7, 11) is 0. The van der Waals surface area contributed by atoms with Crippen molar-refractivity contribution in [3.8, 4) is 11.4 Å². The molecule has 0 amide bonds. The Kier molecular flexibility index (Phi) is 4.02. The van der Waals surface area contributed by atoms with Crippen molar-refractivity contribution in [2.75, 3.05) is 0 Å². The van der Waals surface area contributed by atoms with Crippen molar-refractivity contribution in [2.24, 2.45) is 0 Å². The molecule has 9 rings (SSSR count). The van der Waals surface area contributed by atoms with Gasteiger partial charge in [-0.1, -0.05) is 66.7 Å². The third kappa shape index (κ3) is 2.80. The van der Waals surface area contributed by atoms with E-state index in [1.807, 2.05) is 6.07 Å². The van der Waals surface area contributed by atoms with E-state index in [2.05, 4.69) is 129 Å². The first-order valence-electron chi connectivity index (χ1n) is 13.1. The van der Waals surface area contributed by atoms with Gasteiger partial charge in [0.1, 0.15) is 5.52 Å². The first kappa shape index (κ1) is 20.7. The second kappa shape index (κ2) is 7.59. The zero-order valence-electron chi connectivity index (χ0n) is 20.9. The van der Waals surface area contributed by atoms with E-state index in [9.17, 15) is 0 Å². The minimum atomic E-state index is 0.791. The summed E-state index contributed by atoms with van der Waals surface area (Å²) in [5.41, 5.74) is 8.68. The number of aromatic nitrogens is 3. The van der Waals surface area contributed by atoms with Gasteiger partial charge in [-0.2, -0.15) is 0 Å². The molecule has 0 radical (unpaired) electrons. The van der Waals surface area contributed by atoms with Crippen molar-refractivity contribution in [1.29, 1.82) is 0 Å². The smallest absolute Gasteiger partial charge is 0.181 e. The molecule has 4 heteroatoms. The second-order valence-corrected chi connectivity index (χ2v) is 10.1. The van der Waals surface area contributed by atoms with E-state index in [1.165, 1.54) is 66.5 Å². The van der Waals surface area contributed by atoms with Crippen LogP contribution in [0.4, 0.5) is 0 Å². The number of para-hydroxylation sites is 3.